The molecule has 1 aromatic heterocycles. The van der Waals surface area contributed by atoms with Gasteiger partial charge in [-0.15, -0.1) is 0 Å². The molecule has 150 valence electrons. The van der Waals surface area contributed by atoms with Gasteiger partial charge in [0.25, 0.3) is 5.91 Å². The van der Waals surface area contributed by atoms with Gasteiger partial charge in [0, 0.05) is 24.0 Å². The topological polar surface area (TPSA) is 119 Å². The number of methoxy groups -OCH3 is 2. The maximum Gasteiger partial charge on any atom is 0.345 e. The molecule has 0 aliphatic heterocycles. The number of aromatic nitrogens is 1. The molecular weight excluding hydrogens is 396 g/mol. The minimum atomic E-state index is -0.761. The average Bonchev–Trinajstić information content (AvgIpc) is 2.77. The molecule has 0 aliphatic rings. The SMILES string of the molecule is COC(=O)/C=C(/SC(=Nc1ccccc1)NNC(=O)c1ccncc1)C(=O)OC. The molecule has 0 saturated carbocycles. The standard InChI is InChI=1S/C19H18N4O5S/c1-27-16(24)12-15(18(26)28-2)29-19(21-14-6-4-3-5-7-14)23-22-17(25)13-8-10-20-11-9-13/h3-12H,1-2H3,(H,21,23)(H,22,25)/b15-12+. The van der Waals surface area contributed by atoms with Crippen LogP contribution in [0.3, 0.4) is 0 Å². The number of amides is 1. The minimum Gasteiger partial charge on any atom is -0.466 e. The molecular formula is C19H18N4O5S. The highest BCUT2D eigenvalue weighted by molar-refractivity contribution is 8.17. The summed E-state index contributed by atoms with van der Waals surface area (Å²) in [6.45, 7) is 0. The van der Waals surface area contributed by atoms with Gasteiger partial charge < -0.3 is 9.47 Å². The third-order valence-electron chi connectivity index (χ3n) is 3.26. The first kappa shape index (κ1) is 21.6. The molecule has 1 heterocycles. The number of carbonyl (C=O) groups is 3. The largest absolute Gasteiger partial charge is 0.466 e. The summed E-state index contributed by atoms with van der Waals surface area (Å²) in [4.78, 5) is 44.0. The van der Waals surface area contributed by atoms with E-state index in [1.807, 2.05) is 6.07 Å². The smallest absolute Gasteiger partial charge is 0.345 e. The van der Waals surface area contributed by atoms with Crippen molar-refractivity contribution in [2.24, 2.45) is 4.99 Å². The zero-order chi connectivity index (χ0) is 21.1. The summed E-state index contributed by atoms with van der Waals surface area (Å²) in [5.74, 6) is -1.94. The molecule has 0 spiro atoms. The first-order valence-electron chi connectivity index (χ1n) is 8.19. The van der Waals surface area contributed by atoms with Gasteiger partial charge in [0.2, 0.25) is 0 Å². The fraction of sp³-hybridized carbons (Fsp3) is 0.105. The van der Waals surface area contributed by atoms with E-state index < -0.39 is 17.8 Å². The molecule has 9 nitrogen and oxygen atoms in total. The molecule has 1 aromatic carbocycles. The number of carbonyl (C=O) groups excluding carboxylic acids is 3. The van der Waals surface area contributed by atoms with Crippen LogP contribution in [-0.4, -0.2) is 42.2 Å². The Morgan fingerprint density at radius 1 is 1.00 bits per heavy atom. The number of amidine groups is 1. The van der Waals surface area contributed by atoms with Gasteiger partial charge in [-0.3, -0.25) is 20.6 Å². The number of aliphatic imine (C=N–C) groups is 1. The summed E-state index contributed by atoms with van der Waals surface area (Å²) in [5, 5.41) is 0.124. The van der Waals surface area contributed by atoms with Crippen LogP contribution >= 0.6 is 11.8 Å². The molecule has 10 heteroatoms. The Kier molecular flexibility index (Phi) is 8.39. The van der Waals surface area contributed by atoms with Gasteiger partial charge in [-0.2, -0.15) is 0 Å². The number of nitrogens with one attached hydrogen (secondary N) is 2. The number of para-hydroxylation sites is 1. The normalized spacial score (nSPS) is 11.4. The van der Waals surface area contributed by atoms with Crippen LogP contribution in [0.2, 0.25) is 0 Å². The summed E-state index contributed by atoms with van der Waals surface area (Å²) in [6.07, 6.45) is 3.94. The first-order chi connectivity index (χ1) is 14.0. The molecule has 0 atom stereocenters. The molecule has 0 bridgehead atoms. The summed E-state index contributed by atoms with van der Waals surface area (Å²) < 4.78 is 9.25. The summed E-state index contributed by atoms with van der Waals surface area (Å²) in [6, 6.07) is 11.9. The molecule has 2 N–H and O–H groups in total. The zero-order valence-corrected chi connectivity index (χ0v) is 16.4. The van der Waals surface area contributed by atoms with Gasteiger partial charge in [-0.25, -0.2) is 14.6 Å². The van der Waals surface area contributed by atoms with Crippen LogP contribution in [0.25, 0.3) is 0 Å². The van der Waals surface area contributed by atoms with Crippen LogP contribution in [0.4, 0.5) is 5.69 Å². The zero-order valence-electron chi connectivity index (χ0n) is 15.6. The van der Waals surface area contributed by atoms with Crippen LogP contribution in [-0.2, 0) is 19.1 Å². The fourth-order valence-corrected chi connectivity index (χ4v) is 2.67. The van der Waals surface area contributed by atoms with E-state index >= 15 is 0 Å². The summed E-state index contributed by atoms with van der Waals surface area (Å²) in [7, 11) is 2.37. The first-order valence-corrected chi connectivity index (χ1v) is 9.01. The lowest BCUT2D eigenvalue weighted by atomic mass is 10.3. The van der Waals surface area contributed by atoms with E-state index in [1.165, 1.54) is 38.7 Å². The highest BCUT2D eigenvalue weighted by atomic mass is 32.2. The van der Waals surface area contributed by atoms with E-state index in [0.29, 0.717) is 11.3 Å². The lowest BCUT2D eigenvalue weighted by Crippen LogP contribution is -2.40. The van der Waals surface area contributed by atoms with E-state index in [9.17, 15) is 14.4 Å². The van der Waals surface area contributed by atoms with E-state index in [0.717, 1.165) is 17.8 Å². The molecule has 0 radical (unpaired) electrons. The highest BCUT2D eigenvalue weighted by Gasteiger charge is 2.17. The number of benzene rings is 1. The quantitative estimate of drug-likeness (QED) is 0.251. The second-order valence-electron chi connectivity index (χ2n) is 5.19. The van der Waals surface area contributed by atoms with Crippen molar-refractivity contribution in [1.29, 1.82) is 0 Å². The number of esters is 2. The monoisotopic (exact) mass is 414 g/mol. The predicted octanol–water partition coefficient (Wildman–Crippen LogP) is 1.97. The molecule has 2 rings (SSSR count). The Labute approximate surface area is 171 Å². The summed E-state index contributed by atoms with van der Waals surface area (Å²) >= 11 is 0.796. The van der Waals surface area contributed by atoms with Gasteiger partial charge in [-0.1, -0.05) is 18.2 Å². The molecule has 0 saturated heterocycles. The van der Waals surface area contributed by atoms with Crippen molar-refractivity contribution in [3.63, 3.8) is 0 Å². The van der Waals surface area contributed by atoms with Crippen LogP contribution in [0, 0.1) is 0 Å². The van der Waals surface area contributed by atoms with E-state index in [1.54, 1.807) is 24.3 Å². The molecule has 0 fully saturated rings. The fourth-order valence-electron chi connectivity index (χ4n) is 1.88. The third-order valence-corrected chi connectivity index (χ3v) is 4.15. The van der Waals surface area contributed by atoms with Crippen molar-refractivity contribution >= 4 is 40.5 Å². The van der Waals surface area contributed by atoms with Crippen molar-refractivity contribution in [3.8, 4) is 0 Å². The van der Waals surface area contributed by atoms with E-state index in [2.05, 4.69) is 25.6 Å². The van der Waals surface area contributed by atoms with E-state index in [-0.39, 0.29) is 10.1 Å². The minimum absolute atomic E-state index is 0.0836. The van der Waals surface area contributed by atoms with Gasteiger partial charge in [-0.05, 0) is 36.0 Å². The van der Waals surface area contributed by atoms with Crippen molar-refractivity contribution in [2.75, 3.05) is 14.2 Å². The van der Waals surface area contributed by atoms with Gasteiger partial charge in [0.1, 0.15) is 4.91 Å². The van der Waals surface area contributed by atoms with Crippen molar-refractivity contribution in [3.05, 3.63) is 71.4 Å². The Bertz CT molecular complexity index is 917. The van der Waals surface area contributed by atoms with Crippen LogP contribution < -0.4 is 10.9 Å². The molecule has 0 aliphatic carbocycles. The Balaban J connectivity index is 2.25. The van der Waals surface area contributed by atoms with Gasteiger partial charge in [0.05, 0.1) is 19.9 Å². The number of thioether (sulfide) groups is 1. The highest BCUT2D eigenvalue weighted by Crippen LogP contribution is 2.21. The number of hydrazine groups is 1. The summed E-state index contributed by atoms with van der Waals surface area (Å²) in [5.41, 5.74) is 6.07. The van der Waals surface area contributed by atoms with Gasteiger partial charge >= 0.3 is 11.9 Å². The lowest BCUT2D eigenvalue weighted by Gasteiger charge is -2.12. The number of rotatable bonds is 5. The number of hydrogen-bond acceptors (Lipinski definition) is 8. The number of ether oxygens (including phenoxy) is 2. The van der Waals surface area contributed by atoms with Crippen LogP contribution in [0.15, 0.2) is 70.8 Å². The van der Waals surface area contributed by atoms with Crippen molar-refractivity contribution in [2.45, 2.75) is 0 Å². The maximum atomic E-state index is 12.3. The predicted molar refractivity (Wildman–Crippen MR) is 108 cm³/mol. The second-order valence-corrected chi connectivity index (χ2v) is 6.22. The molecule has 29 heavy (non-hydrogen) atoms. The van der Waals surface area contributed by atoms with E-state index in [4.69, 9.17) is 4.74 Å². The lowest BCUT2D eigenvalue weighted by molar-refractivity contribution is -0.137. The van der Waals surface area contributed by atoms with Crippen molar-refractivity contribution < 1.29 is 23.9 Å². The number of nitrogens with zero attached hydrogens (tertiary/aromatic N) is 2. The second kappa shape index (κ2) is 11.2. The average molecular weight is 414 g/mol. The van der Waals surface area contributed by atoms with Crippen LogP contribution in [0.5, 0.6) is 0 Å². The van der Waals surface area contributed by atoms with Gasteiger partial charge in [0.15, 0.2) is 5.17 Å². The van der Waals surface area contributed by atoms with Crippen LogP contribution in [0.1, 0.15) is 10.4 Å². The molecule has 1 amide bonds. The number of pyridine rings is 1. The Morgan fingerprint density at radius 2 is 1.69 bits per heavy atom. The number of hydrogen-bond donors (Lipinski definition) is 2. The van der Waals surface area contributed by atoms with Crippen molar-refractivity contribution in [1.82, 2.24) is 15.8 Å². The third kappa shape index (κ3) is 7.11. The Morgan fingerprint density at radius 3 is 2.31 bits per heavy atom. The molecule has 2 aromatic rings. The molecule has 0 unspecified atom stereocenters. The Hall–Kier alpha value is -3.66. The maximum absolute atomic E-state index is 12.3.